The van der Waals surface area contributed by atoms with Crippen LogP contribution >= 0.6 is 15.9 Å². The van der Waals surface area contributed by atoms with Crippen molar-refractivity contribution in [2.24, 2.45) is 0 Å². The second-order valence-corrected chi connectivity index (χ2v) is 18.3. The lowest BCUT2D eigenvalue weighted by Crippen LogP contribution is -2.67. The van der Waals surface area contributed by atoms with Crippen molar-refractivity contribution in [3.05, 3.63) is 29.8 Å². The van der Waals surface area contributed by atoms with Gasteiger partial charge in [0.1, 0.15) is 18.3 Å². The van der Waals surface area contributed by atoms with Crippen molar-refractivity contribution in [1.82, 2.24) is 4.72 Å². The molecule has 0 aromatic heterocycles. The molecule has 7 nitrogen and oxygen atoms in total. The summed E-state index contributed by atoms with van der Waals surface area (Å²) in [5.74, 6) is -0.936. The zero-order chi connectivity index (χ0) is 24.3. The van der Waals surface area contributed by atoms with E-state index < -0.39 is 59.4 Å². The van der Waals surface area contributed by atoms with Crippen LogP contribution < -0.4 is 4.72 Å². The minimum atomic E-state index is -3.84. The SMILES string of the molecule is Cc1ccc(S(=O)(=O)N[C@@H]2[C@H](Br)[C@@H](O)[C@H](O[Si](C)(C)C(C)(C)C)[C@H]3OC(C)(C)O[C@@H]23)cc1. The number of fused-ring (bicyclic) bond motifs is 1. The van der Waals surface area contributed by atoms with E-state index in [0.717, 1.165) is 5.56 Å². The van der Waals surface area contributed by atoms with Crippen molar-refractivity contribution < 1.29 is 27.4 Å². The summed E-state index contributed by atoms with van der Waals surface area (Å²) in [5, 5.41) is 11.2. The number of nitrogens with one attached hydrogen (secondary N) is 1. The second-order valence-electron chi connectivity index (χ2n) is 10.8. The molecule has 10 heteroatoms. The Morgan fingerprint density at radius 2 is 1.66 bits per heavy atom. The predicted octanol–water partition coefficient (Wildman–Crippen LogP) is 3.69. The number of alkyl halides is 1. The van der Waals surface area contributed by atoms with Crippen LogP contribution in [0.4, 0.5) is 0 Å². The fourth-order valence-electron chi connectivity index (χ4n) is 3.87. The zero-order valence-corrected chi connectivity index (χ0v) is 23.5. The highest BCUT2D eigenvalue weighted by Gasteiger charge is 2.60. The van der Waals surface area contributed by atoms with Crippen LogP contribution in [0.25, 0.3) is 0 Å². The maximum Gasteiger partial charge on any atom is 0.240 e. The molecule has 0 unspecified atom stereocenters. The molecule has 2 fully saturated rings. The Hall–Kier alpha value is -0.333. The summed E-state index contributed by atoms with van der Waals surface area (Å²) in [7, 11) is -6.10. The molecular formula is C22H36BrNO6SSi. The molecule has 3 rings (SSSR count). The van der Waals surface area contributed by atoms with Crippen molar-refractivity contribution in [2.75, 3.05) is 0 Å². The normalized spacial score (nSPS) is 33.2. The van der Waals surface area contributed by atoms with Crippen LogP contribution in [0, 0.1) is 6.92 Å². The van der Waals surface area contributed by atoms with E-state index in [2.05, 4.69) is 54.5 Å². The summed E-state index contributed by atoms with van der Waals surface area (Å²) in [4.78, 5) is -0.470. The molecule has 1 saturated heterocycles. The lowest BCUT2D eigenvalue weighted by molar-refractivity contribution is -0.157. The summed E-state index contributed by atoms with van der Waals surface area (Å²) in [6.07, 6.45) is -2.89. The van der Waals surface area contributed by atoms with E-state index in [9.17, 15) is 13.5 Å². The largest absolute Gasteiger partial charge is 0.408 e. The molecule has 1 aliphatic carbocycles. The highest BCUT2D eigenvalue weighted by molar-refractivity contribution is 9.09. The van der Waals surface area contributed by atoms with Gasteiger partial charge in [0.15, 0.2) is 14.1 Å². The topological polar surface area (TPSA) is 94.1 Å². The molecule has 0 bridgehead atoms. The van der Waals surface area contributed by atoms with Crippen LogP contribution in [0.5, 0.6) is 0 Å². The van der Waals surface area contributed by atoms with Gasteiger partial charge in [-0.25, -0.2) is 13.1 Å². The molecule has 0 radical (unpaired) electrons. The lowest BCUT2D eigenvalue weighted by Gasteiger charge is -2.48. The molecule has 6 atom stereocenters. The van der Waals surface area contributed by atoms with Gasteiger partial charge in [0.05, 0.1) is 21.9 Å². The first-order chi connectivity index (χ1) is 14.5. The zero-order valence-electron chi connectivity index (χ0n) is 20.0. The number of halogens is 1. The van der Waals surface area contributed by atoms with Crippen LogP contribution in [0.2, 0.25) is 18.1 Å². The van der Waals surface area contributed by atoms with E-state index in [1.165, 1.54) is 0 Å². The number of hydrogen-bond donors (Lipinski definition) is 2. The summed E-state index contributed by atoms with van der Waals surface area (Å²) in [5.41, 5.74) is 0.968. The quantitative estimate of drug-likeness (QED) is 0.429. The summed E-state index contributed by atoms with van der Waals surface area (Å²) in [6.45, 7) is 16.1. The fourth-order valence-corrected chi connectivity index (χ4v) is 7.35. The van der Waals surface area contributed by atoms with Crippen molar-refractivity contribution in [2.45, 2.75) is 106 Å². The van der Waals surface area contributed by atoms with Gasteiger partial charge in [-0.15, -0.1) is 0 Å². The Labute approximate surface area is 201 Å². The summed E-state index contributed by atoms with van der Waals surface area (Å²) < 4.78 is 47.9. The summed E-state index contributed by atoms with van der Waals surface area (Å²) >= 11 is 3.55. The molecule has 0 amide bonds. The molecular weight excluding hydrogens is 514 g/mol. The second kappa shape index (κ2) is 8.71. The van der Waals surface area contributed by atoms with Gasteiger partial charge in [0.25, 0.3) is 0 Å². The third-order valence-corrected chi connectivity index (χ3v) is 13.8. The van der Waals surface area contributed by atoms with Crippen LogP contribution in [-0.2, 0) is 23.9 Å². The van der Waals surface area contributed by atoms with E-state index in [1.54, 1.807) is 38.1 Å². The fraction of sp³-hybridized carbons (Fsp3) is 0.727. The van der Waals surface area contributed by atoms with Crippen LogP contribution in [0.1, 0.15) is 40.2 Å². The van der Waals surface area contributed by atoms with E-state index in [0.29, 0.717) is 0 Å². The van der Waals surface area contributed by atoms with Crippen molar-refractivity contribution in [1.29, 1.82) is 0 Å². The van der Waals surface area contributed by atoms with Gasteiger partial charge >= 0.3 is 0 Å². The average Bonchev–Trinajstić information content (AvgIpc) is 2.97. The smallest absolute Gasteiger partial charge is 0.240 e. The Morgan fingerprint density at radius 1 is 1.12 bits per heavy atom. The molecule has 1 heterocycles. The van der Waals surface area contributed by atoms with Gasteiger partial charge in [0, 0.05) is 0 Å². The predicted molar refractivity (Wildman–Crippen MR) is 130 cm³/mol. The van der Waals surface area contributed by atoms with Crippen molar-refractivity contribution in [3.63, 3.8) is 0 Å². The molecule has 1 aromatic rings. The molecule has 0 spiro atoms. The third kappa shape index (κ3) is 5.17. The van der Waals surface area contributed by atoms with Gasteiger partial charge in [-0.2, -0.15) is 0 Å². The van der Waals surface area contributed by atoms with Gasteiger partial charge in [0.2, 0.25) is 10.0 Å². The van der Waals surface area contributed by atoms with Crippen LogP contribution in [0.15, 0.2) is 29.2 Å². The van der Waals surface area contributed by atoms with Crippen LogP contribution in [-0.4, -0.2) is 62.9 Å². The molecule has 32 heavy (non-hydrogen) atoms. The van der Waals surface area contributed by atoms with Crippen LogP contribution in [0.3, 0.4) is 0 Å². The molecule has 182 valence electrons. The molecule has 1 saturated carbocycles. The highest BCUT2D eigenvalue weighted by atomic mass is 79.9. The first kappa shape index (κ1) is 26.3. The molecule has 1 aliphatic heterocycles. The highest BCUT2D eigenvalue weighted by Crippen LogP contribution is 2.45. The van der Waals surface area contributed by atoms with Crippen molar-refractivity contribution in [3.8, 4) is 0 Å². The minimum absolute atomic E-state index is 0.0666. The van der Waals surface area contributed by atoms with Gasteiger partial charge < -0.3 is 19.0 Å². The summed E-state index contributed by atoms with van der Waals surface area (Å²) in [6, 6.07) is 5.89. The molecule has 2 N–H and O–H groups in total. The minimum Gasteiger partial charge on any atom is -0.408 e. The Bertz CT molecular complexity index is 931. The maximum absolute atomic E-state index is 13.1. The number of aliphatic hydroxyl groups is 1. The number of ether oxygens (including phenoxy) is 2. The Balaban J connectivity index is 1.93. The number of benzene rings is 1. The first-order valence-electron chi connectivity index (χ1n) is 10.9. The number of hydrogen-bond acceptors (Lipinski definition) is 6. The van der Waals surface area contributed by atoms with E-state index in [1.807, 2.05) is 6.92 Å². The standard InChI is InChI=1S/C22H36BrNO6SSi/c1-13-9-11-14(12-10-13)31(26,27)24-16-15(23)17(25)19(30-32(7,8)21(2,3)4)20-18(16)28-22(5,6)29-20/h9-12,15-20,24-25H,1-8H3/t15-,16+,17+,18-,19-,20-/m0/s1. The number of rotatable bonds is 5. The van der Waals surface area contributed by atoms with Gasteiger partial charge in [-0.05, 0) is 51.0 Å². The Kier molecular flexibility index (Phi) is 7.15. The first-order valence-corrected chi connectivity index (χ1v) is 16.2. The number of aliphatic hydroxyl groups excluding tert-OH is 1. The average molecular weight is 551 g/mol. The number of sulfonamides is 1. The third-order valence-electron chi connectivity index (χ3n) is 6.71. The van der Waals surface area contributed by atoms with E-state index >= 15 is 0 Å². The molecule has 2 aliphatic rings. The lowest BCUT2D eigenvalue weighted by atomic mass is 9.86. The van der Waals surface area contributed by atoms with Gasteiger partial charge in [-0.1, -0.05) is 54.4 Å². The Morgan fingerprint density at radius 3 is 2.19 bits per heavy atom. The maximum atomic E-state index is 13.1. The van der Waals surface area contributed by atoms with Gasteiger partial charge in [-0.3, -0.25) is 0 Å². The monoisotopic (exact) mass is 549 g/mol. The molecule has 1 aromatic carbocycles. The number of aryl methyl sites for hydroxylation is 1. The van der Waals surface area contributed by atoms with Crippen molar-refractivity contribution >= 4 is 34.3 Å². The van der Waals surface area contributed by atoms with E-state index in [4.69, 9.17) is 13.9 Å². The van der Waals surface area contributed by atoms with E-state index in [-0.39, 0.29) is 9.93 Å².